The van der Waals surface area contributed by atoms with Gasteiger partial charge in [-0.15, -0.1) is 0 Å². The number of hydrogen-bond donors (Lipinski definition) is 2. The highest BCUT2D eigenvalue weighted by Crippen LogP contribution is 2.23. The predicted octanol–water partition coefficient (Wildman–Crippen LogP) is 2.12. The molecular formula is C13H26N2OS2. The summed E-state index contributed by atoms with van der Waals surface area (Å²) >= 11 is 4.04. The van der Waals surface area contributed by atoms with E-state index in [4.69, 9.17) is 0 Å². The molecule has 1 rings (SSSR count). The molecule has 3 atom stereocenters. The second-order valence-corrected chi connectivity index (χ2v) is 7.45. The lowest BCUT2D eigenvalue weighted by Crippen LogP contribution is -2.47. The first-order chi connectivity index (χ1) is 8.63. The van der Waals surface area contributed by atoms with Crippen molar-refractivity contribution in [2.75, 3.05) is 23.8 Å². The zero-order chi connectivity index (χ0) is 13.4. The van der Waals surface area contributed by atoms with Crippen molar-refractivity contribution in [3.63, 3.8) is 0 Å². The van der Waals surface area contributed by atoms with Crippen LogP contribution in [0.15, 0.2) is 0 Å². The van der Waals surface area contributed by atoms with Crippen molar-refractivity contribution in [2.45, 2.75) is 50.9 Å². The van der Waals surface area contributed by atoms with Gasteiger partial charge in [0.05, 0.1) is 6.04 Å². The largest absolute Gasteiger partial charge is 0.352 e. The molecule has 0 aromatic rings. The van der Waals surface area contributed by atoms with E-state index in [0.29, 0.717) is 5.25 Å². The van der Waals surface area contributed by atoms with Gasteiger partial charge in [-0.1, -0.05) is 13.3 Å². The molecule has 2 N–H and O–H groups in total. The SMILES string of the molecule is CCCC(C)NC(=O)C(C)NCC1CSCCS1. The number of carbonyl (C=O) groups is 1. The summed E-state index contributed by atoms with van der Waals surface area (Å²) in [4.78, 5) is 11.9. The first kappa shape index (κ1) is 16.2. The molecule has 3 unspecified atom stereocenters. The summed E-state index contributed by atoms with van der Waals surface area (Å²) in [6.07, 6.45) is 2.16. The highest BCUT2D eigenvalue weighted by atomic mass is 32.2. The minimum absolute atomic E-state index is 0.0863. The van der Waals surface area contributed by atoms with Crippen LogP contribution in [0.2, 0.25) is 0 Å². The zero-order valence-electron chi connectivity index (χ0n) is 11.7. The molecule has 106 valence electrons. The molecule has 0 radical (unpaired) electrons. The molecule has 0 bridgehead atoms. The van der Waals surface area contributed by atoms with Gasteiger partial charge in [-0.3, -0.25) is 4.79 Å². The molecule has 0 aromatic carbocycles. The molecular weight excluding hydrogens is 264 g/mol. The minimum Gasteiger partial charge on any atom is -0.352 e. The Kier molecular flexibility index (Phi) is 8.18. The standard InChI is InChI=1S/C13H26N2OS2/c1-4-5-10(2)15-13(16)11(3)14-8-12-9-17-6-7-18-12/h10-12,14H,4-9H2,1-3H3,(H,15,16). The van der Waals surface area contributed by atoms with Gasteiger partial charge >= 0.3 is 0 Å². The molecule has 1 fully saturated rings. The fourth-order valence-electron chi connectivity index (χ4n) is 1.93. The van der Waals surface area contributed by atoms with E-state index >= 15 is 0 Å². The van der Waals surface area contributed by atoms with Crippen LogP contribution in [0.1, 0.15) is 33.6 Å². The number of rotatable bonds is 7. The molecule has 5 heteroatoms. The third kappa shape index (κ3) is 6.34. The average Bonchev–Trinajstić information content (AvgIpc) is 2.37. The topological polar surface area (TPSA) is 41.1 Å². The van der Waals surface area contributed by atoms with Gasteiger partial charge in [0.2, 0.25) is 5.91 Å². The van der Waals surface area contributed by atoms with Crippen LogP contribution in [0.4, 0.5) is 0 Å². The third-order valence-electron chi connectivity index (χ3n) is 3.04. The fraction of sp³-hybridized carbons (Fsp3) is 0.923. The van der Waals surface area contributed by atoms with Gasteiger partial charge in [0, 0.05) is 35.1 Å². The lowest BCUT2D eigenvalue weighted by molar-refractivity contribution is -0.123. The summed E-state index contributed by atoms with van der Waals surface area (Å²) in [5.74, 6) is 3.85. The number of thioether (sulfide) groups is 2. The number of carbonyl (C=O) groups excluding carboxylic acids is 1. The van der Waals surface area contributed by atoms with Crippen LogP contribution in [0.3, 0.4) is 0 Å². The summed E-state index contributed by atoms with van der Waals surface area (Å²) < 4.78 is 0. The zero-order valence-corrected chi connectivity index (χ0v) is 13.3. The first-order valence-electron chi connectivity index (χ1n) is 6.86. The Morgan fingerprint density at radius 1 is 1.39 bits per heavy atom. The predicted molar refractivity (Wildman–Crippen MR) is 83.5 cm³/mol. The molecule has 0 saturated carbocycles. The van der Waals surface area contributed by atoms with E-state index in [1.165, 1.54) is 17.3 Å². The number of hydrogen-bond acceptors (Lipinski definition) is 4. The Labute approximate surface area is 120 Å². The van der Waals surface area contributed by atoms with Crippen molar-refractivity contribution < 1.29 is 4.79 Å². The Balaban J connectivity index is 2.18. The van der Waals surface area contributed by atoms with Crippen molar-refractivity contribution in [3.8, 4) is 0 Å². The Morgan fingerprint density at radius 3 is 2.78 bits per heavy atom. The smallest absolute Gasteiger partial charge is 0.237 e. The maximum absolute atomic E-state index is 11.9. The van der Waals surface area contributed by atoms with Gasteiger partial charge in [-0.25, -0.2) is 0 Å². The van der Waals surface area contributed by atoms with E-state index in [2.05, 4.69) is 24.5 Å². The van der Waals surface area contributed by atoms with E-state index in [0.717, 1.165) is 19.4 Å². The van der Waals surface area contributed by atoms with Crippen molar-refractivity contribution in [3.05, 3.63) is 0 Å². The van der Waals surface area contributed by atoms with Crippen LogP contribution in [0.5, 0.6) is 0 Å². The molecule has 1 aliphatic rings. The molecule has 18 heavy (non-hydrogen) atoms. The molecule has 0 aliphatic carbocycles. The lowest BCUT2D eigenvalue weighted by Gasteiger charge is -2.24. The highest BCUT2D eigenvalue weighted by molar-refractivity contribution is 8.06. The number of amides is 1. The van der Waals surface area contributed by atoms with E-state index in [1.807, 2.05) is 30.4 Å². The molecule has 1 saturated heterocycles. The van der Waals surface area contributed by atoms with E-state index in [9.17, 15) is 4.79 Å². The fourth-order valence-corrected chi connectivity index (χ4v) is 4.55. The Morgan fingerprint density at radius 2 is 2.17 bits per heavy atom. The minimum atomic E-state index is -0.0863. The van der Waals surface area contributed by atoms with Crippen LogP contribution >= 0.6 is 23.5 Å². The summed E-state index contributed by atoms with van der Waals surface area (Å²) in [6.45, 7) is 7.10. The molecule has 1 aliphatic heterocycles. The second-order valence-electron chi connectivity index (χ2n) is 4.90. The van der Waals surface area contributed by atoms with E-state index in [1.54, 1.807) is 0 Å². The highest BCUT2D eigenvalue weighted by Gasteiger charge is 2.18. The van der Waals surface area contributed by atoms with Gasteiger partial charge in [0.1, 0.15) is 0 Å². The van der Waals surface area contributed by atoms with Gasteiger partial charge < -0.3 is 10.6 Å². The lowest BCUT2D eigenvalue weighted by atomic mass is 10.2. The maximum Gasteiger partial charge on any atom is 0.237 e. The second kappa shape index (κ2) is 9.10. The van der Waals surface area contributed by atoms with Crippen LogP contribution in [0, 0.1) is 0 Å². The summed E-state index contributed by atoms with van der Waals surface area (Å²) in [6, 6.07) is 0.197. The van der Waals surface area contributed by atoms with Crippen LogP contribution in [-0.2, 0) is 4.79 Å². The molecule has 1 amide bonds. The summed E-state index contributed by atoms with van der Waals surface area (Å²) in [5, 5.41) is 7.07. The Bertz CT molecular complexity index is 245. The molecule has 0 spiro atoms. The number of nitrogens with one attached hydrogen (secondary N) is 2. The Hall–Kier alpha value is 0.130. The van der Waals surface area contributed by atoms with Crippen molar-refractivity contribution in [1.82, 2.24) is 10.6 Å². The van der Waals surface area contributed by atoms with E-state index < -0.39 is 0 Å². The molecule has 1 heterocycles. The van der Waals surface area contributed by atoms with Gasteiger partial charge in [-0.05, 0) is 20.3 Å². The van der Waals surface area contributed by atoms with Crippen LogP contribution in [-0.4, -0.2) is 47.0 Å². The molecule has 3 nitrogen and oxygen atoms in total. The van der Waals surface area contributed by atoms with Gasteiger partial charge in [0.25, 0.3) is 0 Å². The van der Waals surface area contributed by atoms with Crippen molar-refractivity contribution in [1.29, 1.82) is 0 Å². The molecule has 0 aromatic heterocycles. The van der Waals surface area contributed by atoms with Crippen molar-refractivity contribution >= 4 is 29.4 Å². The quantitative estimate of drug-likeness (QED) is 0.753. The average molecular weight is 290 g/mol. The monoisotopic (exact) mass is 290 g/mol. The third-order valence-corrected chi connectivity index (χ3v) is 5.89. The van der Waals surface area contributed by atoms with Crippen molar-refractivity contribution in [2.24, 2.45) is 0 Å². The van der Waals surface area contributed by atoms with Crippen LogP contribution < -0.4 is 10.6 Å². The summed E-state index contributed by atoms with van der Waals surface area (Å²) in [7, 11) is 0. The normalized spacial score (nSPS) is 23.4. The summed E-state index contributed by atoms with van der Waals surface area (Å²) in [5.41, 5.74) is 0. The maximum atomic E-state index is 11.9. The van der Waals surface area contributed by atoms with E-state index in [-0.39, 0.29) is 18.0 Å². The van der Waals surface area contributed by atoms with Gasteiger partial charge in [-0.2, -0.15) is 23.5 Å². The first-order valence-corrected chi connectivity index (χ1v) is 9.07. The van der Waals surface area contributed by atoms with Gasteiger partial charge in [0.15, 0.2) is 0 Å². The van der Waals surface area contributed by atoms with Crippen LogP contribution in [0.25, 0.3) is 0 Å².